The topological polar surface area (TPSA) is 91.3 Å². The van der Waals surface area contributed by atoms with Gasteiger partial charge in [-0.25, -0.2) is 4.57 Å². The number of hydrogen-bond donors (Lipinski definition) is 1. The van der Waals surface area contributed by atoms with Gasteiger partial charge in [0.25, 0.3) is 0 Å². The Bertz CT molecular complexity index is 1220. The molecular formula is C53H97NO7P+. The molecule has 0 bridgehead atoms. The number of ether oxygens (including phenoxy) is 2. The van der Waals surface area contributed by atoms with Crippen molar-refractivity contribution in [1.82, 2.24) is 0 Å². The van der Waals surface area contributed by atoms with Gasteiger partial charge in [0, 0.05) is 13.0 Å². The van der Waals surface area contributed by atoms with E-state index < -0.39 is 13.9 Å². The largest absolute Gasteiger partial charge is 0.472 e. The molecule has 0 rings (SSSR count). The predicted molar refractivity (Wildman–Crippen MR) is 265 cm³/mol. The van der Waals surface area contributed by atoms with Crippen molar-refractivity contribution in [3.63, 3.8) is 0 Å². The van der Waals surface area contributed by atoms with Crippen LogP contribution in [0.4, 0.5) is 0 Å². The quantitative estimate of drug-likeness (QED) is 0.0214. The number of phosphoric ester groups is 1. The number of likely N-dealkylation sites (N-methyl/N-ethyl adjacent to an activating group) is 1. The lowest BCUT2D eigenvalue weighted by Gasteiger charge is -2.24. The minimum absolute atomic E-state index is 0.0824. The minimum Gasteiger partial charge on any atom is -0.457 e. The zero-order valence-corrected chi connectivity index (χ0v) is 41.7. The highest BCUT2D eigenvalue weighted by atomic mass is 31.2. The minimum atomic E-state index is -4.29. The van der Waals surface area contributed by atoms with E-state index in [1.165, 1.54) is 109 Å². The summed E-state index contributed by atoms with van der Waals surface area (Å²) in [7, 11) is 1.65. The zero-order chi connectivity index (χ0) is 45.5. The monoisotopic (exact) mass is 891 g/mol. The van der Waals surface area contributed by atoms with Crippen LogP contribution < -0.4 is 0 Å². The molecule has 0 aliphatic heterocycles. The molecule has 1 N–H and O–H groups in total. The van der Waals surface area contributed by atoms with E-state index in [2.05, 4.69) is 86.8 Å². The Kier molecular flexibility index (Phi) is 44.0. The van der Waals surface area contributed by atoms with Gasteiger partial charge in [-0.1, -0.05) is 183 Å². The van der Waals surface area contributed by atoms with Gasteiger partial charge in [-0.05, 0) is 83.5 Å². The van der Waals surface area contributed by atoms with Crippen LogP contribution in [0.5, 0.6) is 0 Å². The van der Waals surface area contributed by atoms with Crippen LogP contribution in [0.25, 0.3) is 0 Å². The maximum absolute atomic E-state index is 12.8. The van der Waals surface area contributed by atoms with Gasteiger partial charge >= 0.3 is 13.8 Å². The molecule has 62 heavy (non-hydrogen) atoms. The first-order valence-electron chi connectivity index (χ1n) is 25.2. The third-order valence-corrected chi connectivity index (χ3v) is 11.5. The summed E-state index contributed by atoms with van der Waals surface area (Å²) in [6, 6.07) is 0. The summed E-state index contributed by atoms with van der Waals surface area (Å²) in [5, 5.41) is 0. The smallest absolute Gasteiger partial charge is 0.457 e. The molecule has 0 aliphatic carbocycles. The number of allylic oxidation sites excluding steroid dienone is 12. The van der Waals surface area contributed by atoms with Crippen LogP contribution in [-0.4, -0.2) is 75.6 Å². The SMILES string of the molecule is CC/C=C\C/C=C\C/C=C\C/C=C\CCCCCCCCCCCCC(=O)OC(COCCCCCCCC/C=C\C/C=C\CCCCCC)COP(=O)(O)OCC[N+](C)(C)C. The van der Waals surface area contributed by atoms with Crippen LogP contribution in [-0.2, 0) is 27.9 Å². The molecule has 0 saturated carbocycles. The number of carbonyl (C=O) groups is 1. The van der Waals surface area contributed by atoms with Gasteiger partial charge in [-0.3, -0.25) is 13.8 Å². The Morgan fingerprint density at radius 1 is 0.516 bits per heavy atom. The van der Waals surface area contributed by atoms with E-state index in [4.69, 9.17) is 18.5 Å². The van der Waals surface area contributed by atoms with E-state index in [9.17, 15) is 14.3 Å². The second-order valence-electron chi connectivity index (χ2n) is 17.8. The molecule has 0 saturated heterocycles. The van der Waals surface area contributed by atoms with Gasteiger partial charge < -0.3 is 18.9 Å². The van der Waals surface area contributed by atoms with E-state index in [0.717, 1.165) is 70.6 Å². The van der Waals surface area contributed by atoms with Crippen LogP contribution in [0.15, 0.2) is 72.9 Å². The van der Waals surface area contributed by atoms with Gasteiger partial charge in [-0.2, -0.15) is 0 Å². The number of carbonyl (C=O) groups excluding carboxylic acids is 1. The van der Waals surface area contributed by atoms with Gasteiger partial charge in [0.1, 0.15) is 19.3 Å². The highest BCUT2D eigenvalue weighted by molar-refractivity contribution is 7.47. The van der Waals surface area contributed by atoms with Crippen molar-refractivity contribution in [2.24, 2.45) is 0 Å². The second-order valence-corrected chi connectivity index (χ2v) is 19.3. The first kappa shape index (κ1) is 59.9. The average Bonchev–Trinajstić information content (AvgIpc) is 3.23. The molecule has 0 aromatic heterocycles. The van der Waals surface area contributed by atoms with Gasteiger partial charge in [0.05, 0.1) is 34.4 Å². The first-order valence-corrected chi connectivity index (χ1v) is 26.7. The number of unbranched alkanes of at least 4 members (excludes halogenated alkanes) is 20. The van der Waals surface area contributed by atoms with Crippen molar-refractivity contribution >= 4 is 13.8 Å². The molecule has 0 amide bonds. The van der Waals surface area contributed by atoms with Gasteiger partial charge in [0.15, 0.2) is 0 Å². The van der Waals surface area contributed by atoms with Crippen molar-refractivity contribution < 1.29 is 37.3 Å². The van der Waals surface area contributed by atoms with Crippen LogP contribution in [0.3, 0.4) is 0 Å². The fourth-order valence-corrected chi connectivity index (χ4v) is 7.37. The third kappa shape index (κ3) is 49.0. The molecule has 9 heteroatoms. The molecule has 0 spiro atoms. The summed E-state index contributed by atoms with van der Waals surface area (Å²) in [4.78, 5) is 23.0. The lowest BCUT2D eigenvalue weighted by molar-refractivity contribution is -0.870. The van der Waals surface area contributed by atoms with E-state index in [0.29, 0.717) is 24.1 Å². The summed E-state index contributed by atoms with van der Waals surface area (Å²) in [6.07, 6.45) is 59.4. The van der Waals surface area contributed by atoms with Crippen LogP contribution in [0.1, 0.15) is 200 Å². The second kappa shape index (κ2) is 45.5. The normalized spacial score (nSPS) is 14.2. The van der Waals surface area contributed by atoms with E-state index in [-0.39, 0.29) is 25.8 Å². The molecule has 0 fully saturated rings. The van der Waals surface area contributed by atoms with E-state index in [1.54, 1.807) is 0 Å². The zero-order valence-electron chi connectivity index (χ0n) is 40.8. The van der Waals surface area contributed by atoms with Crippen LogP contribution >= 0.6 is 7.82 Å². The van der Waals surface area contributed by atoms with Crippen molar-refractivity contribution in [2.75, 3.05) is 54.1 Å². The Morgan fingerprint density at radius 3 is 1.40 bits per heavy atom. The van der Waals surface area contributed by atoms with Gasteiger partial charge in [-0.15, -0.1) is 0 Å². The predicted octanol–water partition coefficient (Wildman–Crippen LogP) is 15.4. The molecule has 0 radical (unpaired) electrons. The van der Waals surface area contributed by atoms with Crippen LogP contribution in [0.2, 0.25) is 0 Å². The van der Waals surface area contributed by atoms with Crippen molar-refractivity contribution in [3.05, 3.63) is 72.9 Å². The molecule has 0 heterocycles. The van der Waals surface area contributed by atoms with Crippen molar-refractivity contribution in [3.8, 4) is 0 Å². The number of nitrogens with zero attached hydrogens (tertiary/aromatic N) is 1. The Hall–Kier alpha value is -2.06. The van der Waals surface area contributed by atoms with Crippen molar-refractivity contribution in [1.29, 1.82) is 0 Å². The lowest BCUT2D eigenvalue weighted by atomic mass is 10.0. The lowest BCUT2D eigenvalue weighted by Crippen LogP contribution is -2.37. The van der Waals surface area contributed by atoms with Crippen molar-refractivity contribution in [2.45, 2.75) is 206 Å². The number of esters is 1. The summed E-state index contributed by atoms with van der Waals surface area (Å²) in [5.41, 5.74) is 0. The summed E-state index contributed by atoms with van der Waals surface area (Å²) >= 11 is 0. The van der Waals surface area contributed by atoms with E-state index in [1.807, 2.05) is 21.1 Å². The highest BCUT2D eigenvalue weighted by Crippen LogP contribution is 2.43. The molecule has 0 aromatic carbocycles. The summed E-state index contributed by atoms with van der Waals surface area (Å²) < 4.78 is 35.1. The van der Waals surface area contributed by atoms with Crippen LogP contribution in [0, 0.1) is 0 Å². The molecule has 0 aromatic rings. The molecule has 0 aliphatic rings. The summed E-state index contributed by atoms with van der Waals surface area (Å²) in [5.74, 6) is -0.324. The first-order chi connectivity index (χ1) is 30.1. The number of quaternary nitrogens is 1. The maximum Gasteiger partial charge on any atom is 0.472 e. The maximum atomic E-state index is 12.8. The average molecular weight is 891 g/mol. The molecule has 360 valence electrons. The molecule has 2 unspecified atom stereocenters. The fourth-order valence-electron chi connectivity index (χ4n) is 6.63. The number of hydrogen-bond acceptors (Lipinski definition) is 6. The molecule has 8 nitrogen and oxygen atoms in total. The Balaban J connectivity index is 4.18. The Labute approximate surface area is 383 Å². The number of rotatable bonds is 46. The molecule has 2 atom stereocenters. The third-order valence-electron chi connectivity index (χ3n) is 10.5. The highest BCUT2D eigenvalue weighted by Gasteiger charge is 2.26. The Morgan fingerprint density at radius 2 is 0.935 bits per heavy atom. The van der Waals surface area contributed by atoms with Gasteiger partial charge in [0.2, 0.25) is 0 Å². The summed E-state index contributed by atoms with van der Waals surface area (Å²) in [6.45, 7) is 5.47. The fraction of sp³-hybridized carbons (Fsp3) is 0.755. The van der Waals surface area contributed by atoms with E-state index >= 15 is 0 Å². The standard InChI is InChI=1S/C53H96NO7P/c1-6-8-10-12-14-16-18-20-22-24-25-26-27-28-29-30-32-34-36-38-40-42-44-46-53(55)61-52(51-60-62(56,57)59-49-47-54(3,4)5)50-58-48-45-43-41-39-37-35-33-31-23-21-19-17-15-13-11-9-7-2/h8,10,14,16-17,19-20,22-23,25-26,31,52H,6-7,9,11-13,15,18,21,24,27-30,32-51H2,1-5H3/p+1/b10-8-,16-14-,19-17-,22-20-,26-25-,31-23-. The number of phosphoric acid groups is 1. The molecular weight excluding hydrogens is 794 g/mol.